The Kier molecular flexibility index (Phi) is 4.34. The van der Waals surface area contributed by atoms with Gasteiger partial charge in [-0.2, -0.15) is 5.10 Å². The minimum absolute atomic E-state index is 0.0770. The molecular formula is C13H14BrN3O2. The van der Waals surface area contributed by atoms with Gasteiger partial charge in [0, 0.05) is 12.5 Å². The lowest BCUT2D eigenvalue weighted by Gasteiger charge is -2.11. The molecule has 19 heavy (non-hydrogen) atoms. The Hall–Kier alpha value is -1.66. The Morgan fingerprint density at radius 3 is 2.58 bits per heavy atom. The average Bonchev–Trinajstić information content (AvgIpc) is 2.82. The van der Waals surface area contributed by atoms with Crippen LogP contribution in [0.3, 0.4) is 0 Å². The summed E-state index contributed by atoms with van der Waals surface area (Å²) in [4.78, 5) is 10.5. The van der Waals surface area contributed by atoms with Crippen molar-refractivity contribution in [1.82, 2.24) is 9.78 Å². The molecule has 0 radical (unpaired) electrons. The number of carboxylic acids is 1. The lowest BCUT2D eigenvalue weighted by atomic mass is 10.0. The summed E-state index contributed by atoms with van der Waals surface area (Å²) in [7, 11) is 0. The summed E-state index contributed by atoms with van der Waals surface area (Å²) in [5, 5.41) is 12.8. The zero-order valence-electron chi connectivity index (χ0n) is 10.2. The van der Waals surface area contributed by atoms with E-state index in [4.69, 9.17) is 10.8 Å². The van der Waals surface area contributed by atoms with Gasteiger partial charge in [0.15, 0.2) is 0 Å². The van der Waals surface area contributed by atoms with Crippen LogP contribution in [0.5, 0.6) is 0 Å². The van der Waals surface area contributed by atoms with E-state index in [2.05, 4.69) is 21.0 Å². The smallest absolute Gasteiger partial charge is 0.303 e. The number of halogens is 1. The van der Waals surface area contributed by atoms with E-state index in [9.17, 15) is 4.79 Å². The van der Waals surface area contributed by atoms with Gasteiger partial charge in [0.1, 0.15) is 4.60 Å². The highest BCUT2D eigenvalue weighted by Crippen LogP contribution is 2.20. The topological polar surface area (TPSA) is 81.1 Å². The van der Waals surface area contributed by atoms with Crippen LogP contribution in [0.1, 0.15) is 24.4 Å². The van der Waals surface area contributed by atoms with Crippen molar-refractivity contribution < 1.29 is 9.90 Å². The number of benzene rings is 1. The number of carbonyl (C=O) groups is 1. The molecule has 1 atom stereocenters. The molecule has 3 N–H and O–H groups in total. The van der Waals surface area contributed by atoms with Crippen molar-refractivity contribution in [3.63, 3.8) is 0 Å². The maximum absolute atomic E-state index is 10.5. The maximum atomic E-state index is 10.5. The third-order valence-corrected chi connectivity index (χ3v) is 3.43. The van der Waals surface area contributed by atoms with E-state index in [0.29, 0.717) is 6.42 Å². The predicted octanol–water partition coefficient (Wildman–Crippen LogP) is 2.50. The summed E-state index contributed by atoms with van der Waals surface area (Å²) >= 11 is 3.40. The van der Waals surface area contributed by atoms with Crippen LogP contribution in [0.15, 0.2) is 41.1 Å². The molecule has 5 nitrogen and oxygen atoms in total. The molecule has 100 valence electrons. The highest BCUT2D eigenvalue weighted by atomic mass is 79.9. The Bertz CT molecular complexity index is 566. The fraction of sp³-hybridized carbons (Fsp3) is 0.231. The van der Waals surface area contributed by atoms with Crippen molar-refractivity contribution in [3.8, 4) is 5.69 Å². The maximum Gasteiger partial charge on any atom is 0.303 e. The Labute approximate surface area is 119 Å². The summed E-state index contributed by atoms with van der Waals surface area (Å²) in [6.45, 7) is 0. The zero-order valence-corrected chi connectivity index (χ0v) is 11.7. The van der Waals surface area contributed by atoms with Gasteiger partial charge >= 0.3 is 5.97 Å². The molecule has 0 amide bonds. The first-order valence-electron chi connectivity index (χ1n) is 5.85. The quantitative estimate of drug-likeness (QED) is 0.885. The average molecular weight is 324 g/mol. The molecular weight excluding hydrogens is 310 g/mol. The number of hydrogen-bond donors (Lipinski definition) is 2. The van der Waals surface area contributed by atoms with E-state index in [-0.39, 0.29) is 12.5 Å². The van der Waals surface area contributed by atoms with Crippen LogP contribution in [0, 0.1) is 0 Å². The van der Waals surface area contributed by atoms with E-state index in [1.54, 1.807) is 10.9 Å². The molecule has 1 unspecified atom stereocenters. The van der Waals surface area contributed by atoms with E-state index < -0.39 is 5.97 Å². The molecule has 2 aromatic rings. The third kappa shape index (κ3) is 3.42. The molecule has 0 spiro atoms. The molecule has 0 aliphatic heterocycles. The second kappa shape index (κ2) is 5.99. The normalized spacial score (nSPS) is 12.3. The van der Waals surface area contributed by atoms with Crippen LogP contribution in [0.4, 0.5) is 0 Å². The second-order valence-electron chi connectivity index (χ2n) is 4.20. The molecule has 0 aliphatic carbocycles. The summed E-state index contributed by atoms with van der Waals surface area (Å²) in [5.74, 6) is -0.826. The minimum atomic E-state index is -0.826. The fourth-order valence-corrected chi connectivity index (χ4v) is 2.20. The number of nitrogens with zero attached hydrogens (tertiary/aromatic N) is 2. The summed E-state index contributed by atoms with van der Waals surface area (Å²) < 4.78 is 2.63. The first-order chi connectivity index (χ1) is 9.08. The standard InChI is InChI=1S/C13H14BrN3O2/c14-12-7-8-16-17(12)10-3-1-9(2-4-10)11(15)5-6-13(18)19/h1-4,7-8,11H,5-6,15H2,(H,18,19). The lowest BCUT2D eigenvalue weighted by molar-refractivity contribution is -0.137. The lowest BCUT2D eigenvalue weighted by Crippen LogP contribution is -2.12. The molecule has 0 fully saturated rings. The van der Waals surface area contributed by atoms with Crippen molar-refractivity contribution in [2.24, 2.45) is 5.73 Å². The number of rotatable bonds is 5. The second-order valence-corrected chi connectivity index (χ2v) is 5.01. The highest BCUT2D eigenvalue weighted by molar-refractivity contribution is 9.10. The monoisotopic (exact) mass is 323 g/mol. The van der Waals surface area contributed by atoms with Crippen LogP contribution in [-0.4, -0.2) is 20.9 Å². The molecule has 0 saturated carbocycles. The van der Waals surface area contributed by atoms with Gasteiger partial charge in [-0.25, -0.2) is 4.68 Å². The summed E-state index contributed by atoms with van der Waals surface area (Å²) in [6.07, 6.45) is 2.21. The van der Waals surface area contributed by atoms with E-state index >= 15 is 0 Å². The SMILES string of the molecule is NC(CCC(=O)O)c1ccc(-n2nccc2Br)cc1. The number of aliphatic carboxylic acids is 1. The molecule has 0 aliphatic rings. The molecule has 0 saturated heterocycles. The van der Waals surface area contributed by atoms with Gasteiger partial charge in [-0.05, 0) is 46.1 Å². The molecule has 1 heterocycles. The van der Waals surface area contributed by atoms with E-state index in [0.717, 1.165) is 15.9 Å². The molecule has 1 aromatic carbocycles. The van der Waals surface area contributed by atoms with Gasteiger partial charge in [0.25, 0.3) is 0 Å². The molecule has 1 aromatic heterocycles. The van der Waals surface area contributed by atoms with Crippen molar-refractivity contribution in [1.29, 1.82) is 0 Å². The van der Waals surface area contributed by atoms with Crippen LogP contribution in [0.2, 0.25) is 0 Å². The van der Waals surface area contributed by atoms with Gasteiger partial charge in [-0.15, -0.1) is 0 Å². The highest BCUT2D eigenvalue weighted by Gasteiger charge is 2.09. The zero-order chi connectivity index (χ0) is 13.8. The van der Waals surface area contributed by atoms with Crippen molar-refractivity contribution in [2.75, 3.05) is 0 Å². The van der Waals surface area contributed by atoms with Crippen LogP contribution >= 0.6 is 15.9 Å². The van der Waals surface area contributed by atoms with E-state index in [1.165, 1.54) is 0 Å². The Morgan fingerprint density at radius 2 is 2.05 bits per heavy atom. The number of aromatic nitrogens is 2. The predicted molar refractivity (Wildman–Crippen MR) is 75.1 cm³/mol. The number of carboxylic acid groups (broad SMARTS) is 1. The summed E-state index contributed by atoms with van der Waals surface area (Å²) in [6, 6.07) is 9.21. The Balaban J connectivity index is 2.10. The first-order valence-corrected chi connectivity index (χ1v) is 6.64. The van der Waals surface area contributed by atoms with Crippen LogP contribution < -0.4 is 5.73 Å². The van der Waals surface area contributed by atoms with Gasteiger partial charge in [-0.1, -0.05) is 12.1 Å². The Morgan fingerprint density at radius 1 is 1.37 bits per heavy atom. The van der Waals surface area contributed by atoms with Crippen LogP contribution in [0.25, 0.3) is 5.69 Å². The molecule has 6 heteroatoms. The van der Waals surface area contributed by atoms with Crippen molar-refractivity contribution in [3.05, 3.63) is 46.7 Å². The third-order valence-electron chi connectivity index (χ3n) is 2.83. The fourth-order valence-electron chi connectivity index (χ4n) is 1.79. The number of nitrogens with two attached hydrogens (primary N) is 1. The largest absolute Gasteiger partial charge is 0.481 e. The van der Waals surface area contributed by atoms with Crippen molar-refractivity contribution in [2.45, 2.75) is 18.9 Å². The van der Waals surface area contributed by atoms with Gasteiger partial charge < -0.3 is 10.8 Å². The van der Waals surface area contributed by atoms with Gasteiger partial charge in [-0.3, -0.25) is 4.79 Å². The summed E-state index contributed by atoms with van der Waals surface area (Å²) in [5.41, 5.74) is 7.79. The van der Waals surface area contributed by atoms with Gasteiger partial charge in [0.05, 0.1) is 11.9 Å². The van der Waals surface area contributed by atoms with Crippen molar-refractivity contribution >= 4 is 21.9 Å². The molecule has 0 bridgehead atoms. The van der Waals surface area contributed by atoms with Gasteiger partial charge in [0.2, 0.25) is 0 Å². The minimum Gasteiger partial charge on any atom is -0.481 e. The first kappa shape index (κ1) is 13.8. The number of hydrogen-bond acceptors (Lipinski definition) is 3. The van der Waals surface area contributed by atoms with Crippen LogP contribution in [-0.2, 0) is 4.79 Å². The van der Waals surface area contributed by atoms with E-state index in [1.807, 2.05) is 30.3 Å². The molecule has 2 rings (SSSR count).